The lowest BCUT2D eigenvalue weighted by atomic mass is 9.99. The van der Waals surface area contributed by atoms with Crippen molar-refractivity contribution in [2.75, 3.05) is 0 Å². The molecule has 0 aliphatic heterocycles. The zero-order valence-corrected chi connectivity index (χ0v) is 16.8. The van der Waals surface area contributed by atoms with Crippen molar-refractivity contribution in [2.24, 2.45) is 0 Å². The molecule has 3 nitrogen and oxygen atoms in total. The summed E-state index contributed by atoms with van der Waals surface area (Å²) in [6, 6.07) is 22.0. The Bertz CT molecular complexity index is 992. The summed E-state index contributed by atoms with van der Waals surface area (Å²) in [7, 11) is 0. The highest BCUT2D eigenvalue weighted by Gasteiger charge is 2.33. The fraction of sp³-hybridized carbons (Fsp3) is 0.130. The van der Waals surface area contributed by atoms with Gasteiger partial charge in [-0.15, -0.1) is 0 Å². The van der Waals surface area contributed by atoms with Gasteiger partial charge in [-0.25, -0.2) is 0 Å². The van der Waals surface area contributed by atoms with Crippen LogP contribution in [0.3, 0.4) is 0 Å². The predicted molar refractivity (Wildman–Crippen MR) is 109 cm³/mol. The lowest BCUT2D eigenvalue weighted by molar-refractivity contribution is -0.130. The van der Waals surface area contributed by atoms with Crippen LogP contribution in [0.5, 0.6) is 0 Å². The number of ether oxygens (including phenoxy) is 1. The van der Waals surface area contributed by atoms with Gasteiger partial charge in [0.25, 0.3) is 0 Å². The first-order valence-corrected chi connectivity index (χ1v) is 9.60. The van der Waals surface area contributed by atoms with Gasteiger partial charge in [0.2, 0.25) is 0 Å². The van der Waals surface area contributed by atoms with Gasteiger partial charge >= 0.3 is 5.92 Å². The van der Waals surface area contributed by atoms with Crippen LogP contribution in [0.4, 0.5) is 8.78 Å². The molecule has 3 aromatic carbocycles. The average molecular weight is 459 g/mol. The van der Waals surface area contributed by atoms with Crippen molar-refractivity contribution >= 4 is 28.0 Å². The second-order valence-electron chi connectivity index (χ2n) is 6.39. The molecule has 0 heterocycles. The minimum atomic E-state index is -3.58. The highest BCUT2D eigenvalue weighted by atomic mass is 79.9. The van der Waals surface area contributed by atoms with Crippen molar-refractivity contribution in [3.8, 4) is 0 Å². The quantitative estimate of drug-likeness (QED) is 0.312. The number of benzene rings is 3. The average Bonchev–Trinajstić information content (AvgIpc) is 2.75. The van der Waals surface area contributed by atoms with E-state index < -0.39 is 23.9 Å². The molecule has 0 bridgehead atoms. The second kappa shape index (κ2) is 9.20. The Hall–Kier alpha value is -2.70. The van der Waals surface area contributed by atoms with Crippen molar-refractivity contribution in [3.05, 3.63) is 106 Å². The molecular formula is C23H17BrF2O3. The first-order chi connectivity index (χ1) is 13.9. The van der Waals surface area contributed by atoms with Crippen LogP contribution in [-0.2, 0) is 22.1 Å². The molecule has 0 aromatic heterocycles. The molecular weight excluding hydrogens is 442 g/mol. The molecule has 148 valence electrons. The van der Waals surface area contributed by atoms with E-state index in [-0.39, 0.29) is 16.9 Å². The molecule has 1 unspecified atom stereocenters. The van der Waals surface area contributed by atoms with Gasteiger partial charge in [-0.1, -0.05) is 88.7 Å². The second-order valence-corrected chi connectivity index (χ2v) is 7.24. The van der Waals surface area contributed by atoms with Crippen LogP contribution in [0.25, 0.3) is 0 Å². The third-order valence-electron chi connectivity index (χ3n) is 4.36. The molecule has 0 spiro atoms. The molecule has 0 aliphatic carbocycles. The van der Waals surface area contributed by atoms with E-state index in [4.69, 9.17) is 4.74 Å². The van der Waals surface area contributed by atoms with Gasteiger partial charge in [-0.3, -0.25) is 9.59 Å². The maximum absolute atomic E-state index is 13.6. The lowest BCUT2D eigenvalue weighted by Gasteiger charge is -2.18. The smallest absolute Gasteiger partial charge is 0.328 e. The SMILES string of the molecule is O=CC(F)(F)c1ccc(COC(C(=O)c2ccccc2)c2ccccc2)cc1Br. The van der Waals surface area contributed by atoms with Crippen LogP contribution in [-0.4, -0.2) is 12.1 Å². The predicted octanol–water partition coefficient (Wildman–Crippen LogP) is 5.88. The molecule has 3 aromatic rings. The van der Waals surface area contributed by atoms with E-state index in [9.17, 15) is 18.4 Å². The maximum atomic E-state index is 13.6. The minimum absolute atomic E-state index is 0.0314. The van der Waals surface area contributed by atoms with Gasteiger partial charge in [0.05, 0.1) is 6.61 Å². The first-order valence-electron chi connectivity index (χ1n) is 8.81. The summed E-state index contributed by atoms with van der Waals surface area (Å²) in [5.41, 5.74) is 1.38. The fourth-order valence-corrected chi connectivity index (χ4v) is 3.56. The number of halogens is 3. The van der Waals surface area contributed by atoms with Crippen molar-refractivity contribution < 1.29 is 23.1 Å². The Labute approximate surface area is 175 Å². The number of Topliss-reactive ketones (excluding diaryl/α,β-unsaturated/α-hetero) is 1. The summed E-state index contributed by atoms with van der Waals surface area (Å²) >= 11 is 3.08. The van der Waals surface area contributed by atoms with E-state index in [0.29, 0.717) is 16.7 Å². The normalized spacial score (nSPS) is 12.4. The standard InChI is InChI=1S/C23H17BrF2O3/c24-20-13-16(11-12-19(20)23(25,26)15-27)14-29-22(18-9-5-2-6-10-18)21(28)17-7-3-1-4-8-17/h1-13,15,22H,14H2. The molecule has 0 N–H and O–H groups in total. The summed E-state index contributed by atoms with van der Waals surface area (Å²) in [4.78, 5) is 23.6. The van der Waals surface area contributed by atoms with Crippen LogP contribution in [0.15, 0.2) is 83.3 Å². The number of carbonyl (C=O) groups excluding carboxylic acids is 2. The minimum Gasteiger partial charge on any atom is -0.361 e. The van der Waals surface area contributed by atoms with E-state index in [1.54, 1.807) is 36.4 Å². The van der Waals surface area contributed by atoms with Gasteiger partial charge in [0, 0.05) is 15.6 Å². The van der Waals surface area contributed by atoms with Crippen molar-refractivity contribution in [3.63, 3.8) is 0 Å². The number of rotatable bonds is 8. The lowest BCUT2D eigenvalue weighted by Crippen LogP contribution is -2.17. The van der Waals surface area contributed by atoms with E-state index >= 15 is 0 Å². The number of carbonyl (C=O) groups is 2. The van der Waals surface area contributed by atoms with Gasteiger partial charge < -0.3 is 4.74 Å². The third-order valence-corrected chi connectivity index (χ3v) is 5.01. The van der Waals surface area contributed by atoms with Gasteiger partial charge in [-0.05, 0) is 17.2 Å². The van der Waals surface area contributed by atoms with Gasteiger partial charge in [0.1, 0.15) is 6.10 Å². The zero-order chi connectivity index (χ0) is 20.9. The van der Waals surface area contributed by atoms with E-state index in [2.05, 4.69) is 15.9 Å². The highest BCUT2D eigenvalue weighted by molar-refractivity contribution is 9.10. The number of aldehydes is 1. The van der Waals surface area contributed by atoms with Crippen molar-refractivity contribution in [1.29, 1.82) is 0 Å². The van der Waals surface area contributed by atoms with Crippen LogP contribution < -0.4 is 0 Å². The molecule has 0 saturated heterocycles. The topological polar surface area (TPSA) is 43.4 Å². The van der Waals surface area contributed by atoms with Crippen molar-refractivity contribution in [1.82, 2.24) is 0 Å². The van der Waals surface area contributed by atoms with E-state index in [1.807, 2.05) is 24.3 Å². The summed E-state index contributed by atoms with van der Waals surface area (Å²) in [6.45, 7) is 0.0314. The largest absolute Gasteiger partial charge is 0.361 e. The third kappa shape index (κ3) is 5.02. The maximum Gasteiger partial charge on any atom is 0.328 e. The highest BCUT2D eigenvalue weighted by Crippen LogP contribution is 2.33. The Kier molecular flexibility index (Phi) is 6.67. The number of ketones is 1. The summed E-state index contributed by atoms with van der Waals surface area (Å²) in [5, 5.41) is 0. The molecule has 29 heavy (non-hydrogen) atoms. The Morgan fingerprint density at radius 2 is 1.62 bits per heavy atom. The Balaban J connectivity index is 1.83. The Morgan fingerprint density at radius 1 is 1.00 bits per heavy atom. The van der Waals surface area contributed by atoms with Gasteiger partial charge in [-0.2, -0.15) is 8.78 Å². The van der Waals surface area contributed by atoms with Crippen LogP contribution in [0.1, 0.15) is 33.2 Å². The fourth-order valence-electron chi connectivity index (χ4n) is 2.87. The first kappa shape index (κ1) is 21.0. The summed E-state index contributed by atoms with van der Waals surface area (Å²) in [6.07, 6.45) is -1.23. The number of hydrogen-bond acceptors (Lipinski definition) is 3. The molecule has 6 heteroatoms. The van der Waals surface area contributed by atoms with Crippen LogP contribution >= 0.6 is 15.9 Å². The Morgan fingerprint density at radius 3 is 2.21 bits per heavy atom. The van der Waals surface area contributed by atoms with Gasteiger partial charge in [0.15, 0.2) is 12.1 Å². The monoisotopic (exact) mass is 458 g/mol. The molecule has 0 aliphatic rings. The molecule has 0 amide bonds. The van der Waals surface area contributed by atoms with Crippen LogP contribution in [0, 0.1) is 0 Å². The molecule has 0 fully saturated rings. The molecule has 3 rings (SSSR count). The summed E-state index contributed by atoms with van der Waals surface area (Å²) in [5.74, 6) is -3.77. The molecule has 0 saturated carbocycles. The number of alkyl halides is 2. The zero-order valence-electron chi connectivity index (χ0n) is 15.2. The summed E-state index contributed by atoms with van der Waals surface area (Å²) < 4.78 is 33.3. The number of hydrogen-bond donors (Lipinski definition) is 0. The molecule has 0 radical (unpaired) electrons. The van der Waals surface area contributed by atoms with E-state index in [0.717, 1.165) is 0 Å². The van der Waals surface area contributed by atoms with Crippen molar-refractivity contribution in [2.45, 2.75) is 18.6 Å². The van der Waals surface area contributed by atoms with E-state index in [1.165, 1.54) is 18.2 Å². The molecule has 1 atom stereocenters. The van der Waals surface area contributed by atoms with Crippen LogP contribution in [0.2, 0.25) is 0 Å².